The lowest BCUT2D eigenvalue weighted by atomic mass is 9.68. The van der Waals surface area contributed by atoms with Gasteiger partial charge in [-0.25, -0.2) is 0 Å². The first-order chi connectivity index (χ1) is 12.6. The normalized spacial score (nSPS) is 19.7. The van der Waals surface area contributed by atoms with Crippen LogP contribution in [0.2, 0.25) is 0 Å². The van der Waals surface area contributed by atoms with E-state index >= 15 is 0 Å². The van der Waals surface area contributed by atoms with Crippen molar-refractivity contribution in [1.29, 1.82) is 0 Å². The van der Waals surface area contributed by atoms with E-state index in [9.17, 15) is 5.11 Å². The summed E-state index contributed by atoms with van der Waals surface area (Å²) in [6.07, 6.45) is 9.48. The molecule has 0 aliphatic heterocycles. The summed E-state index contributed by atoms with van der Waals surface area (Å²) < 4.78 is 0. The van der Waals surface area contributed by atoms with Crippen molar-refractivity contribution in [1.82, 2.24) is 0 Å². The Morgan fingerprint density at radius 2 is 1.41 bits per heavy atom. The van der Waals surface area contributed by atoms with Gasteiger partial charge >= 0.3 is 0 Å². The number of rotatable bonds is 3. The van der Waals surface area contributed by atoms with Crippen molar-refractivity contribution < 1.29 is 5.11 Å². The van der Waals surface area contributed by atoms with Crippen LogP contribution in [0.15, 0.2) is 72.4 Å². The van der Waals surface area contributed by atoms with E-state index in [1.807, 2.05) is 42.5 Å². The monoisotopic (exact) mass is 360 g/mol. The van der Waals surface area contributed by atoms with Crippen LogP contribution in [-0.2, 0) is 5.41 Å². The first-order valence-electron chi connectivity index (χ1n) is 9.18. The van der Waals surface area contributed by atoms with Gasteiger partial charge in [0.15, 0.2) is 0 Å². The van der Waals surface area contributed by atoms with Gasteiger partial charge in [0.05, 0.1) is 5.60 Å². The van der Waals surface area contributed by atoms with Crippen molar-refractivity contribution in [3.8, 4) is 0 Å². The molecule has 1 aliphatic carbocycles. The number of aryl methyl sites for hydroxylation is 2. The molecule has 3 heteroatoms. The molecule has 0 saturated carbocycles. The molecular weight excluding hydrogens is 332 g/mol. The number of aliphatic hydroxyl groups is 1. The van der Waals surface area contributed by atoms with E-state index in [2.05, 4.69) is 32.9 Å². The highest BCUT2D eigenvalue weighted by Crippen LogP contribution is 2.45. The molecule has 0 heterocycles. The van der Waals surface area contributed by atoms with Gasteiger partial charge in [-0.2, -0.15) is 0 Å². The van der Waals surface area contributed by atoms with Crippen LogP contribution in [-0.4, -0.2) is 10.7 Å². The van der Waals surface area contributed by atoms with Crippen LogP contribution >= 0.6 is 0 Å². The predicted molar refractivity (Wildman–Crippen MR) is 115 cm³/mol. The Labute approximate surface area is 161 Å². The lowest BCUT2D eigenvalue weighted by Crippen LogP contribution is -2.29. The van der Waals surface area contributed by atoms with Crippen LogP contribution in [0.3, 0.4) is 0 Å². The number of hydrogen-bond donors (Lipinski definition) is 3. The zero-order valence-corrected chi connectivity index (χ0v) is 16.5. The smallest absolute Gasteiger partial charge is 0.0986 e. The quantitative estimate of drug-likeness (QED) is 0.702. The van der Waals surface area contributed by atoms with Gasteiger partial charge in [-0.15, -0.1) is 0 Å². The van der Waals surface area contributed by atoms with Crippen molar-refractivity contribution in [3.05, 3.63) is 94.6 Å². The SMILES string of the molecule is Cc1ccc(N)c(C(C)(C2=CC=CC(C)(O)C=C2)c2cc(C)ccc2N)c1. The lowest BCUT2D eigenvalue weighted by Gasteiger charge is -2.35. The maximum Gasteiger partial charge on any atom is 0.0986 e. The Balaban J connectivity index is 2.34. The zero-order valence-electron chi connectivity index (χ0n) is 16.5. The van der Waals surface area contributed by atoms with Crippen LogP contribution in [0.5, 0.6) is 0 Å². The second-order valence-corrected chi connectivity index (χ2v) is 7.85. The number of anilines is 2. The molecule has 140 valence electrons. The summed E-state index contributed by atoms with van der Waals surface area (Å²) in [7, 11) is 0. The molecule has 2 aromatic rings. The summed E-state index contributed by atoms with van der Waals surface area (Å²) in [5, 5.41) is 10.4. The third-order valence-electron chi connectivity index (χ3n) is 5.38. The Bertz CT molecular complexity index is 913. The molecule has 2 aromatic carbocycles. The molecule has 3 nitrogen and oxygen atoms in total. The summed E-state index contributed by atoms with van der Waals surface area (Å²) >= 11 is 0. The van der Waals surface area contributed by atoms with E-state index < -0.39 is 11.0 Å². The van der Waals surface area contributed by atoms with Crippen LogP contribution in [0.4, 0.5) is 11.4 Å². The van der Waals surface area contributed by atoms with Crippen LogP contribution in [0.25, 0.3) is 0 Å². The first-order valence-corrected chi connectivity index (χ1v) is 9.18. The fourth-order valence-corrected chi connectivity index (χ4v) is 3.71. The molecule has 0 saturated heterocycles. The third-order valence-corrected chi connectivity index (χ3v) is 5.38. The molecule has 0 radical (unpaired) electrons. The highest BCUT2D eigenvalue weighted by molar-refractivity contribution is 5.68. The molecule has 1 aliphatic rings. The van der Waals surface area contributed by atoms with Crippen LogP contribution < -0.4 is 11.5 Å². The maximum atomic E-state index is 10.4. The van der Waals surface area contributed by atoms with Crippen molar-refractivity contribution in [2.75, 3.05) is 11.5 Å². The summed E-state index contributed by atoms with van der Waals surface area (Å²) in [5.74, 6) is 0. The number of hydrogen-bond acceptors (Lipinski definition) is 3. The van der Waals surface area contributed by atoms with E-state index in [0.29, 0.717) is 0 Å². The molecule has 0 amide bonds. The predicted octanol–water partition coefficient (Wildman–Crippen LogP) is 4.58. The molecule has 1 atom stereocenters. The highest BCUT2D eigenvalue weighted by atomic mass is 16.3. The summed E-state index contributed by atoms with van der Waals surface area (Å²) in [6.45, 7) is 8.03. The Hall–Kier alpha value is -2.78. The standard InChI is InChI=1S/C24H28N2O/c1-16-7-9-21(25)19(14-16)24(4,20-15-17(2)8-10-22(20)26)18-6-5-12-23(3,27)13-11-18/h5-15,27H,25-26H2,1-4H3. The van der Waals surface area contributed by atoms with E-state index in [-0.39, 0.29) is 0 Å². The third kappa shape index (κ3) is 3.56. The van der Waals surface area contributed by atoms with Gasteiger partial charge < -0.3 is 16.6 Å². The van der Waals surface area contributed by atoms with Crippen molar-refractivity contribution in [2.45, 2.75) is 38.7 Å². The summed E-state index contributed by atoms with van der Waals surface area (Å²) in [4.78, 5) is 0. The molecule has 0 bridgehead atoms. The fourth-order valence-electron chi connectivity index (χ4n) is 3.71. The van der Waals surface area contributed by atoms with Gasteiger partial charge in [-0.1, -0.05) is 53.6 Å². The number of allylic oxidation sites excluding steroid dienone is 4. The van der Waals surface area contributed by atoms with E-state index in [1.54, 1.807) is 19.1 Å². The average Bonchev–Trinajstić information content (AvgIpc) is 2.79. The molecule has 5 N–H and O–H groups in total. The van der Waals surface area contributed by atoms with E-state index in [4.69, 9.17) is 11.5 Å². The maximum absolute atomic E-state index is 10.4. The Kier molecular flexibility index (Phi) is 4.75. The van der Waals surface area contributed by atoms with Gasteiger partial charge in [0.25, 0.3) is 0 Å². The molecule has 3 rings (SSSR count). The zero-order chi connectivity index (χ0) is 19.8. The molecule has 27 heavy (non-hydrogen) atoms. The lowest BCUT2D eigenvalue weighted by molar-refractivity contribution is 0.164. The van der Waals surface area contributed by atoms with Crippen molar-refractivity contribution in [2.24, 2.45) is 0 Å². The molecular formula is C24H28N2O. The van der Waals surface area contributed by atoms with Gasteiger partial charge in [-0.3, -0.25) is 0 Å². The van der Waals surface area contributed by atoms with Gasteiger partial charge in [0.1, 0.15) is 0 Å². The Morgan fingerprint density at radius 3 is 1.93 bits per heavy atom. The topological polar surface area (TPSA) is 72.3 Å². The average molecular weight is 361 g/mol. The van der Waals surface area contributed by atoms with Gasteiger partial charge in [-0.05, 0) is 68.7 Å². The first kappa shape index (κ1) is 19.0. The van der Waals surface area contributed by atoms with Gasteiger partial charge in [0.2, 0.25) is 0 Å². The minimum atomic E-state index is -0.991. The molecule has 1 unspecified atom stereocenters. The largest absolute Gasteiger partial charge is 0.398 e. The van der Waals surface area contributed by atoms with E-state index in [0.717, 1.165) is 39.2 Å². The van der Waals surface area contributed by atoms with Crippen LogP contribution in [0.1, 0.15) is 36.1 Å². The Morgan fingerprint density at radius 1 is 0.889 bits per heavy atom. The summed E-state index contributed by atoms with van der Waals surface area (Å²) in [6, 6.07) is 12.2. The molecule has 0 spiro atoms. The number of nitrogens with two attached hydrogens (primary N) is 2. The molecule has 0 fully saturated rings. The minimum Gasteiger partial charge on any atom is -0.398 e. The highest BCUT2D eigenvalue weighted by Gasteiger charge is 2.36. The fraction of sp³-hybridized carbons (Fsp3) is 0.250. The van der Waals surface area contributed by atoms with Crippen molar-refractivity contribution in [3.63, 3.8) is 0 Å². The second-order valence-electron chi connectivity index (χ2n) is 7.85. The number of nitrogen functional groups attached to an aromatic ring is 2. The minimum absolute atomic E-state index is 0.562. The van der Waals surface area contributed by atoms with Gasteiger partial charge in [0, 0.05) is 16.8 Å². The van der Waals surface area contributed by atoms with Crippen LogP contribution in [0, 0.1) is 13.8 Å². The van der Waals surface area contributed by atoms with Crippen molar-refractivity contribution >= 4 is 11.4 Å². The number of benzene rings is 2. The summed E-state index contributed by atoms with van der Waals surface area (Å²) in [5.41, 5.74) is 18.1. The molecule has 0 aromatic heterocycles. The second kappa shape index (κ2) is 6.75. The van der Waals surface area contributed by atoms with E-state index in [1.165, 1.54) is 0 Å².